The lowest BCUT2D eigenvalue weighted by atomic mass is 10.4. The molecule has 1 rings (SSSR count). The fraction of sp³-hybridized carbons (Fsp3) is 0.667. The normalized spacial score (nSPS) is 10.5. The van der Waals surface area contributed by atoms with Crippen molar-refractivity contribution in [2.75, 3.05) is 11.5 Å². The molecule has 0 atom stereocenters. The second-order valence-corrected chi connectivity index (χ2v) is 4.03. The molecule has 1 heterocycles. The smallest absolute Gasteiger partial charge is 0.248 e. The molecule has 0 spiro atoms. The molecule has 68 valence electrons. The summed E-state index contributed by atoms with van der Waals surface area (Å²) in [5.74, 6) is 3.78. The zero-order valence-electron chi connectivity index (χ0n) is 7.84. The summed E-state index contributed by atoms with van der Waals surface area (Å²) in [4.78, 5) is 3.27. The molecule has 0 aromatic carbocycles. The van der Waals surface area contributed by atoms with Crippen LogP contribution >= 0.6 is 11.8 Å². The maximum absolute atomic E-state index is 3.27. The number of imidazole rings is 1. The largest absolute Gasteiger partial charge is 0.255 e. The number of nitrogens with zero attached hydrogens (tertiary/aromatic N) is 1. The van der Waals surface area contributed by atoms with Gasteiger partial charge in [-0.25, -0.2) is 9.55 Å². The molecular formula is C9H17N2S+. The van der Waals surface area contributed by atoms with E-state index in [-0.39, 0.29) is 0 Å². The molecule has 1 N–H and O–H groups in total. The summed E-state index contributed by atoms with van der Waals surface area (Å²) in [5, 5.41) is 0. The maximum atomic E-state index is 3.27. The topological polar surface area (TPSA) is 19.7 Å². The van der Waals surface area contributed by atoms with Crippen molar-refractivity contribution in [1.29, 1.82) is 0 Å². The summed E-state index contributed by atoms with van der Waals surface area (Å²) in [5.41, 5.74) is 0. The van der Waals surface area contributed by atoms with Crippen molar-refractivity contribution in [3.05, 3.63) is 18.2 Å². The second-order valence-electron chi connectivity index (χ2n) is 2.64. The summed E-state index contributed by atoms with van der Waals surface area (Å²) >= 11 is 1.99. The minimum absolute atomic E-state index is 1.07. The first-order chi connectivity index (χ1) is 5.88. The van der Waals surface area contributed by atoms with E-state index in [4.69, 9.17) is 0 Å². The lowest BCUT2D eigenvalue weighted by molar-refractivity contribution is -0.699. The molecule has 0 aliphatic heterocycles. The number of aromatic nitrogens is 2. The predicted octanol–water partition coefficient (Wildman–Crippen LogP) is 1.62. The van der Waals surface area contributed by atoms with Crippen LogP contribution in [0.15, 0.2) is 12.4 Å². The highest BCUT2D eigenvalue weighted by molar-refractivity contribution is 7.99. The predicted molar refractivity (Wildman–Crippen MR) is 53.4 cm³/mol. The van der Waals surface area contributed by atoms with Gasteiger partial charge in [0.1, 0.15) is 12.4 Å². The summed E-state index contributed by atoms with van der Waals surface area (Å²) in [6.07, 6.45) is 5.26. The quantitative estimate of drug-likeness (QED) is 0.546. The molecule has 2 nitrogen and oxygen atoms in total. The molecule has 1 aromatic rings. The van der Waals surface area contributed by atoms with E-state index in [1.165, 1.54) is 17.3 Å². The van der Waals surface area contributed by atoms with Gasteiger partial charge < -0.3 is 0 Å². The van der Waals surface area contributed by atoms with E-state index in [1.807, 2.05) is 18.0 Å². The van der Waals surface area contributed by atoms with Crippen molar-refractivity contribution in [3.63, 3.8) is 0 Å². The van der Waals surface area contributed by atoms with Crippen molar-refractivity contribution < 1.29 is 4.57 Å². The van der Waals surface area contributed by atoms with Crippen LogP contribution in [0.5, 0.6) is 0 Å². The molecule has 12 heavy (non-hydrogen) atoms. The number of aromatic amines is 1. The first-order valence-electron chi connectivity index (χ1n) is 4.52. The lowest BCUT2D eigenvalue weighted by Crippen LogP contribution is -2.34. The van der Waals surface area contributed by atoms with Gasteiger partial charge in [-0.3, -0.25) is 0 Å². The van der Waals surface area contributed by atoms with E-state index in [0.29, 0.717) is 0 Å². The number of nitrogens with one attached hydrogen (secondary N) is 1. The number of H-pyrrole nitrogens is 1. The highest BCUT2D eigenvalue weighted by atomic mass is 32.2. The van der Waals surface area contributed by atoms with Gasteiger partial charge in [0.2, 0.25) is 0 Å². The van der Waals surface area contributed by atoms with Gasteiger partial charge in [-0.1, -0.05) is 6.92 Å². The third-order valence-corrected chi connectivity index (χ3v) is 2.78. The zero-order chi connectivity index (χ0) is 8.81. The average molecular weight is 185 g/mol. The fourth-order valence-electron chi connectivity index (χ4n) is 1.22. The highest BCUT2D eigenvalue weighted by Gasteiger charge is 2.06. The standard InChI is InChI=1S/C9H16N2S/c1-3-11-7-6-10-9(11)5-8-12-4-2/h6-7H,3-5,8H2,1-2H3/p+1. The van der Waals surface area contributed by atoms with E-state index in [0.717, 1.165) is 13.0 Å². The molecule has 0 saturated heterocycles. The van der Waals surface area contributed by atoms with Gasteiger partial charge in [0.25, 0.3) is 5.82 Å². The van der Waals surface area contributed by atoms with Gasteiger partial charge in [0.05, 0.1) is 13.0 Å². The van der Waals surface area contributed by atoms with Crippen LogP contribution in [0.3, 0.4) is 0 Å². The first-order valence-corrected chi connectivity index (χ1v) is 5.67. The number of aryl methyl sites for hydroxylation is 2. The Balaban J connectivity index is 2.39. The highest BCUT2D eigenvalue weighted by Crippen LogP contribution is 2.01. The molecule has 0 aliphatic rings. The second kappa shape index (κ2) is 5.25. The van der Waals surface area contributed by atoms with E-state index in [2.05, 4.69) is 29.6 Å². The van der Waals surface area contributed by atoms with E-state index in [9.17, 15) is 0 Å². The first kappa shape index (κ1) is 9.65. The van der Waals surface area contributed by atoms with Crippen LogP contribution in [-0.4, -0.2) is 16.5 Å². The van der Waals surface area contributed by atoms with E-state index in [1.54, 1.807) is 0 Å². The third-order valence-electron chi connectivity index (χ3n) is 1.88. The van der Waals surface area contributed by atoms with Gasteiger partial charge in [-0.05, 0) is 12.7 Å². The van der Waals surface area contributed by atoms with Gasteiger partial charge in [-0.15, -0.1) is 0 Å². The number of thioether (sulfide) groups is 1. The van der Waals surface area contributed by atoms with Crippen LogP contribution in [0.1, 0.15) is 19.7 Å². The number of rotatable bonds is 5. The van der Waals surface area contributed by atoms with Crippen LogP contribution in [0.4, 0.5) is 0 Å². The van der Waals surface area contributed by atoms with Crippen molar-refractivity contribution in [2.24, 2.45) is 0 Å². The third kappa shape index (κ3) is 2.55. The lowest BCUT2D eigenvalue weighted by Gasteiger charge is -1.96. The Kier molecular flexibility index (Phi) is 4.22. The van der Waals surface area contributed by atoms with Crippen LogP contribution in [0.2, 0.25) is 0 Å². The molecule has 0 bridgehead atoms. The zero-order valence-corrected chi connectivity index (χ0v) is 8.66. The van der Waals surface area contributed by atoms with Crippen molar-refractivity contribution in [1.82, 2.24) is 4.98 Å². The minimum atomic E-state index is 1.07. The maximum Gasteiger partial charge on any atom is 0.255 e. The van der Waals surface area contributed by atoms with Crippen LogP contribution in [0, 0.1) is 0 Å². The van der Waals surface area contributed by atoms with Crippen LogP contribution in [0.25, 0.3) is 0 Å². The van der Waals surface area contributed by atoms with Gasteiger partial charge in [-0.2, -0.15) is 11.8 Å². The summed E-state index contributed by atoms with van der Waals surface area (Å²) < 4.78 is 2.26. The molecule has 3 heteroatoms. The Labute approximate surface area is 78.4 Å². The molecule has 0 saturated carbocycles. The molecule has 0 fully saturated rings. The van der Waals surface area contributed by atoms with Gasteiger partial charge >= 0.3 is 0 Å². The van der Waals surface area contributed by atoms with Crippen molar-refractivity contribution in [3.8, 4) is 0 Å². The summed E-state index contributed by atoms with van der Waals surface area (Å²) in [6, 6.07) is 0. The number of hydrogen-bond acceptors (Lipinski definition) is 1. The Morgan fingerprint density at radius 2 is 2.33 bits per heavy atom. The summed E-state index contributed by atoms with van der Waals surface area (Å²) in [6.45, 7) is 5.44. The van der Waals surface area contributed by atoms with Crippen LogP contribution in [-0.2, 0) is 13.0 Å². The molecule has 0 radical (unpaired) electrons. The Hall–Kier alpha value is -0.440. The van der Waals surface area contributed by atoms with Gasteiger partial charge in [0, 0.05) is 5.75 Å². The molecule has 1 aromatic heterocycles. The van der Waals surface area contributed by atoms with Crippen molar-refractivity contribution >= 4 is 11.8 Å². The molecule has 0 amide bonds. The average Bonchev–Trinajstić information content (AvgIpc) is 2.52. The van der Waals surface area contributed by atoms with Crippen LogP contribution < -0.4 is 4.57 Å². The molecular weight excluding hydrogens is 168 g/mol. The molecule has 0 unspecified atom stereocenters. The van der Waals surface area contributed by atoms with Crippen molar-refractivity contribution in [2.45, 2.75) is 26.8 Å². The Morgan fingerprint density at radius 1 is 1.50 bits per heavy atom. The van der Waals surface area contributed by atoms with E-state index < -0.39 is 0 Å². The SMILES string of the molecule is CCSCCc1[nH]cc[n+]1CC. The summed E-state index contributed by atoms with van der Waals surface area (Å²) in [7, 11) is 0. The minimum Gasteiger partial charge on any atom is -0.248 e. The van der Waals surface area contributed by atoms with Gasteiger partial charge in [0.15, 0.2) is 0 Å². The fourth-order valence-corrected chi connectivity index (χ4v) is 1.85. The number of hydrogen-bond donors (Lipinski definition) is 1. The monoisotopic (exact) mass is 185 g/mol. The Bertz CT molecular complexity index is 220. The van der Waals surface area contributed by atoms with E-state index >= 15 is 0 Å². The molecule has 0 aliphatic carbocycles. The Morgan fingerprint density at radius 3 is 3.00 bits per heavy atom.